The van der Waals surface area contributed by atoms with Crippen LogP contribution in [0.25, 0.3) is 0 Å². The van der Waals surface area contributed by atoms with Crippen molar-refractivity contribution >= 4 is 38.6 Å². The molecule has 8 heteroatoms. The van der Waals surface area contributed by atoms with Crippen LogP contribution in [0.15, 0.2) is 65.1 Å². The van der Waals surface area contributed by atoms with Gasteiger partial charge in [-0.05, 0) is 42.0 Å². The topological polar surface area (TPSA) is 50.3 Å². The van der Waals surface area contributed by atoms with Gasteiger partial charge < -0.3 is 0 Å². The van der Waals surface area contributed by atoms with Gasteiger partial charge in [-0.15, -0.1) is 11.3 Å². The Morgan fingerprint density at radius 1 is 1.17 bits per heavy atom. The van der Waals surface area contributed by atoms with Crippen LogP contribution in [0.3, 0.4) is 0 Å². The number of thiophene rings is 1. The first kappa shape index (κ1) is 16.9. The second-order valence-electron chi connectivity index (χ2n) is 4.91. The normalized spacial score (nSPS) is 11.4. The number of aromatic nitrogens is 1. The summed E-state index contributed by atoms with van der Waals surface area (Å²) in [5.74, 6) is -0.511. The number of sulfonamides is 1. The zero-order valence-electron chi connectivity index (χ0n) is 12.3. The molecule has 0 bridgehead atoms. The van der Waals surface area contributed by atoms with Crippen molar-refractivity contribution in [2.75, 3.05) is 4.31 Å². The van der Waals surface area contributed by atoms with Crippen LogP contribution in [0.1, 0.15) is 5.56 Å². The summed E-state index contributed by atoms with van der Waals surface area (Å²) < 4.78 is 41.2. The van der Waals surface area contributed by atoms with Crippen molar-refractivity contribution in [1.82, 2.24) is 4.98 Å². The zero-order valence-corrected chi connectivity index (χ0v) is 14.7. The molecular weight excluding hydrogens is 371 g/mol. The van der Waals surface area contributed by atoms with Crippen LogP contribution >= 0.6 is 22.9 Å². The minimum absolute atomic E-state index is 0.0369. The molecule has 0 saturated carbocycles. The van der Waals surface area contributed by atoms with Crippen molar-refractivity contribution in [3.05, 3.63) is 76.6 Å². The third-order valence-electron chi connectivity index (χ3n) is 3.24. The molecule has 0 aliphatic rings. The monoisotopic (exact) mass is 382 g/mol. The summed E-state index contributed by atoms with van der Waals surface area (Å²) in [6, 6.07) is 11.9. The number of nitrogens with zero attached hydrogens (tertiary/aromatic N) is 2. The van der Waals surface area contributed by atoms with Crippen molar-refractivity contribution < 1.29 is 12.8 Å². The summed E-state index contributed by atoms with van der Waals surface area (Å²) in [5.41, 5.74) is 0.927. The SMILES string of the molecule is O=S(=O)(c1ccc(Cl)s1)N(Cc1cccnc1)c1cccc(F)c1. The van der Waals surface area contributed by atoms with Gasteiger partial charge in [0.05, 0.1) is 16.6 Å². The predicted molar refractivity (Wildman–Crippen MR) is 93.3 cm³/mol. The minimum atomic E-state index is -3.88. The minimum Gasteiger partial charge on any atom is -0.264 e. The molecule has 0 N–H and O–H groups in total. The highest BCUT2D eigenvalue weighted by molar-refractivity contribution is 7.94. The molecule has 0 aliphatic carbocycles. The van der Waals surface area contributed by atoms with Crippen LogP contribution < -0.4 is 4.31 Å². The van der Waals surface area contributed by atoms with Crippen molar-refractivity contribution in [2.24, 2.45) is 0 Å². The number of benzene rings is 1. The molecule has 0 unspecified atom stereocenters. The Morgan fingerprint density at radius 2 is 2.00 bits per heavy atom. The number of hydrogen-bond acceptors (Lipinski definition) is 4. The van der Waals surface area contributed by atoms with E-state index in [-0.39, 0.29) is 16.4 Å². The lowest BCUT2D eigenvalue weighted by Gasteiger charge is -2.23. The highest BCUT2D eigenvalue weighted by Crippen LogP contribution is 2.32. The Bertz CT molecular complexity index is 945. The molecule has 4 nitrogen and oxygen atoms in total. The van der Waals surface area contributed by atoms with Crippen LogP contribution in [-0.2, 0) is 16.6 Å². The summed E-state index contributed by atoms with van der Waals surface area (Å²) in [7, 11) is -3.88. The van der Waals surface area contributed by atoms with Crippen LogP contribution in [-0.4, -0.2) is 13.4 Å². The number of anilines is 1. The van der Waals surface area contributed by atoms with E-state index in [1.807, 2.05) is 0 Å². The molecule has 0 fully saturated rings. The smallest absolute Gasteiger partial charge is 0.264 e. The van der Waals surface area contributed by atoms with E-state index < -0.39 is 15.8 Å². The lowest BCUT2D eigenvalue weighted by molar-refractivity contribution is 0.592. The molecule has 0 amide bonds. The molecule has 0 aliphatic heterocycles. The summed E-state index contributed by atoms with van der Waals surface area (Å²) in [6.45, 7) is 0.0369. The average molecular weight is 383 g/mol. The quantitative estimate of drug-likeness (QED) is 0.659. The fourth-order valence-electron chi connectivity index (χ4n) is 2.15. The fraction of sp³-hybridized carbons (Fsp3) is 0.0625. The molecule has 1 aromatic carbocycles. The third kappa shape index (κ3) is 3.58. The van der Waals surface area contributed by atoms with E-state index in [1.54, 1.807) is 30.6 Å². The van der Waals surface area contributed by atoms with Crippen molar-refractivity contribution in [3.8, 4) is 0 Å². The largest absolute Gasteiger partial charge is 0.274 e. The number of rotatable bonds is 5. The first-order valence-electron chi connectivity index (χ1n) is 6.89. The van der Waals surface area contributed by atoms with Gasteiger partial charge in [0.15, 0.2) is 0 Å². The van der Waals surface area contributed by atoms with Gasteiger partial charge in [0.1, 0.15) is 10.0 Å². The van der Waals surface area contributed by atoms with Crippen LogP contribution in [0.4, 0.5) is 10.1 Å². The summed E-state index contributed by atoms with van der Waals surface area (Å²) in [4.78, 5) is 3.99. The van der Waals surface area contributed by atoms with E-state index in [0.29, 0.717) is 9.90 Å². The standard InChI is InChI=1S/C16H12ClFN2O2S2/c17-15-6-7-16(23-15)24(21,22)20(11-12-3-2-8-19-10-12)14-5-1-4-13(18)9-14/h1-10H,11H2. The molecule has 0 atom stereocenters. The fourth-order valence-corrected chi connectivity index (χ4v) is 5.19. The Kier molecular flexibility index (Phi) is 4.84. The zero-order chi connectivity index (χ0) is 17.2. The van der Waals surface area contributed by atoms with Crippen molar-refractivity contribution in [3.63, 3.8) is 0 Å². The summed E-state index contributed by atoms with van der Waals surface area (Å²) >= 11 is 6.83. The number of halogens is 2. The van der Waals surface area contributed by atoms with Gasteiger partial charge in [-0.25, -0.2) is 12.8 Å². The molecule has 3 aromatic rings. The van der Waals surface area contributed by atoms with Gasteiger partial charge in [0.25, 0.3) is 10.0 Å². The van der Waals surface area contributed by atoms with E-state index in [9.17, 15) is 12.8 Å². The average Bonchev–Trinajstić information content (AvgIpc) is 3.01. The predicted octanol–water partition coefficient (Wildman–Crippen LogP) is 4.33. The highest BCUT2D eigenvalue weighted by atomic mass is 35.5. The second kappa shape index (κ2) is 6.88. The van der Waals surface area contributed by atoms with E-state index >= 15 is 0 Å². The summed E-state index contributed by atoms with van der Waals surface area (Å²) in [5, 5.41) is 0. The van der Waals surface area contributed by atoms with Crippen LogP contribution in [0, 0.1) is 5.82 Å². The number of hydrogen-bond donors (Lipinski definition) is 0. The van der Waals surface area contributed by atoms with Crippen molar-refractivity contribution in [1.29, 1.82) is 0 Å². The maximum Gasteiger partial charge on any atom is 0.274 e. The van der Waals surface area contributed by atoms with Crippen LogP contribution in [0.5, 0.6) is 0 Å². The first-order chi connectivity index (χ1) is 11.5. The van der Waals surface area contributed by atoms with Gasteiger partial charge in [0.2, 0.25) is 0 Å². The maximum atomic E-state index is 13.6. The number of pyridine rings is 1. The Labute approximate surface area is 148 Å². The highest BCUT2D eigenvalue weighted by Gasteiger charge is 2.27. The lowest BCUT2D eigenvalue weighted by atomic mass is 10.2. The lowest BCUT2D eigenvalue weighted by Crippen LogP contribution is -2.30. The maximum absolute atomic E-state index is 13.6. The van der Waals surface area contributed by atoms with Gasteiger partial charge >= 0.3 is 0 Å². The van der Waals surface area contributed by atoms with Gasteiger partial charge in [0, 0.05) is 12.4 Å². The van der Waals surface area contributed by atoms with E-state index in [2.05, 4.69) is 4.98 Å². The molecule has 0 spiro atoms. The van der Waals surface area contributed by atoms with E-state index in [4.69, 9.17) is 11.6 Å². The Hall–Kier alpha value is -1.96. The van der Waals surface area contributed by atoms with Crippen LogP contribution in [0.2, 0.25) is 4.34 Å². The summed E-state index contributed by atoms with van der Waals surface area (Å²) in [6.07, 6.45) is 3.17. The van der Waals surface area contributed by atoms with Gasteiger partial charge in [-0.2, -0.15) is 0 Å². The molecule has 3 rings (SSSR count). The Morgan fingerprint density at radius 3 is 2.62 bits per heavy atom. The molecule has 124 valence electrons. The van der Waals surface area contributed by atoms with Gasteiger partial charge in [-0.3, -0.25) is 9.29 Å². The van der Waals surface area contributed by atoms with E-state index in [1.165, 1.54) is 30.3 Å². The Balaban J connectivity index is 2.08. The first-order valence-corrected chi connectivity index (χ1v) is 9.53. The van der Waals surface area contributed by atoms with Crippen molar-refractivity contribution in [2.45, 2.75) is 10.8 Å². The van der Waals surface area contributed by atoms with E-state index in [0.717, 1.165) is 15.6 Å². The molecule has 2 aromatic heterocycles. The molecule has 24 heavy (non-hydrogen) atoms. The molecule has 2 heterocycles. The molecule has 0 radical (unpaired) electrons. The second-order valence-corrected chi connectivity index (χ2v) is 8.72. The van der Waals surface area contributed by atoms with Gasteiger partial charge in [-0.1, -0.05) is 23.7 Å². The molecule has 0 saturated heterocycles. The third-order valence-corrected chi connectivity index (χ3v) is 6.71. The molecular formula is C16H12ClFN2O2S2.